The standard InChI is InChI=1S/C24H16ClFN2O4/c1-13-6-5-9-17(25)19(13)21-20(22(32-28-21)14-7-3-2-4-8-14)23(29)27-15-10-11-16(24(30)31)18(26)12-15/h2-12H,1H3,(H,27,29)(H,30,31). The average Bonchev–Trinajstić information content (AvgIpc) is 3.19. The highest BCUT2D eigenvalue weighted by molar-refractivity contribution is 6.33. The predicted molar refractivity (Wildman–Crippen MR) is 118 cm³/mol. The lowest BCUT2D eigenvalue weighted by Gasteiger charge is -2.10. The third-order valence-electron chi connectivity index (χ3n) is 4.87. The second kappa shape index (κ2) is 8.64. The largest absolute Gasteiger partial charge is 0.478 e. The zero-order chi connectivity index (χ0) is 22.8. The molecule has 0 atom stereocenters. The summed E-state index contributed by atoms with van der Waals surface area (Å²) < 4.78 is 19.7. The molecule has 2 N–H and O–H groups in total. The number of rotatable bonds is 5. The molecule has 0 radical (unpaired) electrons. The summed E-state index contributed by atoms with van der Waals surface area (Å²) in [5.41, 5.74) is 1.90. The molecule has 0 aliphatic carbocycles. The van der Waals surface area contributed by atoms with Crippen LogP contribution in [0.15, 0.2) is 71.3 Å². The van der Waals surface area contributed by atoms with Crippen LogP contribution in [-0.2, 0) is 0 Å². The Morgan fingerprint density at radius 3 is 2.47 bits per heavy atom. The lowest BCUT2D eigenvalue weighted by molar-refractivity contribution is 0.0691. The summed E-state index contributed by atoms with van der Waals surface area (Å²) in [6, 6.07) is 17.6. The van der Waals surface area contributed by atoms with E-state index in [2.05, 4.69) is 10.5 Å². The van der Waals surface area contributed by atoms with E-state index in [1.165, 1.54) is 6.07 Å². The van der Waals surface area contributed by atoms with Crippen molar-refractivity contribution < 1.29 is 23.6 Å². The molecule has 0 fully saturated rings. The summed E-state index contributed by atoms with van der Waals surface area (Å²) in [7, 11) is 0. The van der Waals surface area contributed by atoms with Crippen LogP contribution in [0.25, 0.3) is 22.6 Å². The summed E-state index contributed by atoms with van der Waals surface area (Å²) in [5, 5.41) is 16.1. The van der Waals surface area contributed by atoms with Crippen LogP contribution in [0.5, 0.6) is 0 Å². The van der Waals surface area contributed by atoms with Gasteiger partial charge in [-0.2, -0.15) is 0 Å². The molecule has 0 unspecified atom stereocenters. The molecule has 0 aliphatic heterocycles. The van der Waals surface area contributed by atoms with E-state index in [4.69, 9.17) is 21.2 Å². The lowest BCUT2D eigenvalue weighted by Crippen LogP contribution is -2.14. The van der Waals surface area contributed by atoms with Gasteiger partial charge in [-0.25, -0.2) is 9.18 Å². The molecule has 0 spiro atoms. The first kappa shape index (κ1) is 21.3. The number of nitrogens with one attached hydrogen (secondary N) is 1. The molecular formula is C24H16ClFN2O4. The number of aromatic nitrogens is 1. The highest BCUT2D eigenvalue weighted by Crippen LogP contribution is 2.37. The van der Waals surface area contributed by atoms with Crippen LogP contribution in [0.2, 0.25) is 5.02 Å². The molecule has 0 saturated heterocycles. The molecule has 160 valence electrons. The maximum Gasteiger partial charge on any atom is 0.338 e. The summed E-state index contributed by atoms with van der Waals surface area (Å²) in [6.07, 6.45) is 0. The van der Waals surface area contributed by atoms with Gasteiger partial charge in [0.15, 0.2) is 5.76 Å². The predicted octanol–water partition coefficient (Wildman–Crippen LogP) is 6.06. The third kappa shape index (κ3) is 3.98. The molecule has 1 amide bonds. The van der Waals surface area contributed by atoms with Gasteiger partial charge in [-0.15, -0.1) is 0 Å². The Balaban J connectivity index is 1.83. The van der Waals surface area contributed by atoms with Crippen LogP contribution in [0.4, 0.5) is 10.1 Å². The number of anilines is 1. The minimum absolute atomic E-state index is 0.0829. The Bertz CT molecular complexity index is 1320. The second-order valence-electron chi connectivity index (χ2n) is 6.99. The molecular weight excluding hydrogens is 435 g/mol. The highest BCUT2D eigenvalue weighted by Gasteiger charge is 2.27. The number of nitrogens with zero attached hydrogens (tertiary/aromatic N) is 1. The monoisotopic (exact) mass is 450 g/mol. The smallest absolute Gasteiger partial charge is 0.338 e. The van der Waals surface area contributed by atoms with Gasteiger partial charge in [0.1, 0.15) is 17.1 Å². The number of carbonyl (C=O) groups excluding carboxylic acids is 1. The first-order chi connectivity index (χ1) is 15.4. The molecule has 3 aromatic carbocycles. The molecule has 1 aromatic heterocycles. The van der Waals surface area contributed by atoms with Crippen molar-refractivity contribution in [1.82, 2.24) is 5.16 Å². The summed E-state index contributed by atoms with van der Waals surface area (Å²) in [4.78, 5) is 24.4. The quantitative estimate of drug-likeness (QED) is 0.385. The van der Waals surface area contributed by atoms with E-state index in [1.807, 2.05) is 19.1 Å². The SMILES string of the molecule is Cc1cccc(Cl)c1-c1noc(-c2ccccc2)c1C(=O)Nc1ccc(C(=O)O)c(F)c1. The molecule has 6 nitrogen and oxygen atoms in total. The zero-order valence-electron chi connectivity index (χ0n) is 16.7. The fraction of sp³-hybridized carbons (Fsp3) is 0.0417. The van der Waals surface area contributed by atoms with Crippen molar-refractivity contribution in [2.75, 3.05) is 5.32 Å². The Labute approximate surface area is 187 Å². The van der Waals surface area contributed by atoms with Gasteiger partial charge >= 0.3 is 5.97 Å². The van der Waals surface area contributed by atoms with Crippen molar-refractivity contribution in [3.05, 3.63) is 94.3 Å². The number of amides is 1. The van der Waals surface area contributed by atoms with Crippen molar-refractivity contribution >= 4 is 29.2 Å². The Kier molecular flexibility index (Phi) is 5.75. The maximum absolute atomic E-state index is 14.1. The van der Waals surface area contributed by atoms with E-state index in [0.717, 1.165) is 17.7 Å². The number of hydrogen-bond acceptors (Lipinski definition) is 4. The van der Waals surface area contributed by atoms with E-state index in [0.29, 0.717) is 16.1 Å². The van der Waals surface area contributed by atoms with Crippen LogP contribution >= 0.6 is 11.6 Å². The number of aryl methyl sites for hydroxylation is 1. The fourth-order valence-electron chi connectivity index (χ4n) is 3.35. The maximum atomic E-state index is 14.1. The summed E-state index contributed by atoms with van der Waals surface area (Å²) in [5.74, 6) is -2.75. The van der Waals surface area contributed by atoms with Crippen molar-refractivity contribution in [2.45, 2.75) is 6.92 Å². The van der Waals surface area contributed by atoms with Gasteiger partial charge in [0.25, 0.3) is 5.91 Å². The van der Waals surface area contributed by atoms with Crippen LogP contribution in [0, 0.1) is 12.7 Å². The zero-order valence-corrected chi connectivity index (χ0v) is 17.5. The molecule has 1 heterocycles. The van der Waals surface area contributed by atoms with Gasteiger partial charge < -0.3 is 14.9 Å². The third-order valence-corrected chi connectivity index (χ3v) is 5.19. The number of benzene rings is 3. The lowest BCUT2D eigenvalue weighted by atomic mass is 9.98. The minimum atomic E-state index is -1.40. The Morgan fingerprint density at radius 1 is 1.06 bits per heavy atom. The minimum Gasteiger partial charge on any atom is -0.478 e. The second-order valence-corrected chi connectivity index (χ2v) is 7.39. The number of carboxylic acids is 1. The van der Waals surface area contributed by atoms with Gasteiger partial charge in [-0.1, -0.05) is 59.2 Å². The molecule has 0 bridgehead atoms. The van der Waals surface area contributed by atoms with E-state index in [9.17, 15) is 14.0 Å². The number of halogens is 2. The first-order valence-electron chi connectivity index (χ1n) is 9.51. The molecule has 32 heavy (non-hydrogen) atoms. The van der Waals surface area contributed by atoms with E-state index in [-0.39, 0.29) is 22.7 Å². The highest BCUT2D eigenvalue weighted by atomic mass is 35.5. The number of carboxylic acid groups (broad SMARTS) is 1. The van der Waals surface area contributed by atoms with Crippen LogP contribution in [0.3, 0.4) is 0 Å². The van der Waals surface area contributed by atoms with E-state index in [1.54, 1.807) is 36.4 Å². The molecule has 0 saturated carbocycles. The first-order valence-corrected chi connectivity index (χ1v) is 9.89. The number of carbonyl (C=O) groups is 2. The van der Waals surface area contributed by atoms with Crippen LogP contribution in [0.1, 0.15) is 26.3 Å². The van der Waals surface area contributed by atoms with Crippen molar-refractivity contribution in [3.8, 4) is 22.6 Å². The summed E-state index contributed by atoms with van der Waals surface area (Å²) in [6.45, 7) is 1.83. The molecule has 4 aromatic rings. The van der Waals surface area contributed by atoms with Gasteiger partial charge in [-0.05, 0) is 36.8 Å². The molecule has 0 aliphatic rings. The normalized spacial score (nSPS) is 10.7. The van der Waals surface area contributed by atoms with Gasteiger partial charge in [0.2, 0.25) is 0 Å². The summed E-state index contributed by atoms with van der Waals surface area (Å²) >= 11 is 6.41. The number of aromatic carboxylic acids is 1. The molecule has 8 heteroatoms. The Hall–Kier alpha value is -3.97. The Morgan fingerprint density at radius 2 is 1.81 bits per heavy atom. The van der Waals surface area contributed by atoms with Gasteiger partial charge in [-0.3, -0.25) is 4.79 Å². The topological polar surface area (TPSA) is 92.4 Å². The van der Waals surface area contributed by atoms with Gasteiger partial charge in [0, 0.05) is 16.8 Å². The van der Waals surface area contributed by atoms with Gasteiger partial charge in [0.05, 0.1) is 10.6 Å². The van der Waals surface area contributed by atoms with Crippen molar-refractivity contribution in [2.24, 2.45) is 0 Å². The molecule has 4 rings (SSSR count). The van der Waals surface area contributed by atoms with Crippen molar-refractivity contribution in [1.29, 1.82) is 0 Å². The van der Waals surface area contributed by atoms with E-state index < -0.39 is 23.3 Å². The van der Waals surface area contributed by atoms with Crippen LogP contribution in [-0.4, -0.2) is 22.1 Å². The average molecular weight is 451 g/mol. The van der Waals surface area contributed by atoms with Crippen LogP contribution < -0.4 is 5.32 Å². The number of hydrogen-bond donors (Lipinski definition) is 2. The van der Waals surface area contributed by atoms with E-state index >= 15 is 0 Å². The van der Waals surface area contributed by atoms with Crippen molar-refractivity contribution in [3.63, 3.8) is 0 Å². The fourth-order valence-corrected chi connectivity index (χ4v) is 3.66.